The van der Waals surface area contributed by atoms with Gasteiger partial charge in [-0.1, -0.05) is 0 Å². The summed E-state index contributed by atoms with van der Waals surface area (Å²) in [6.07, 6.45) is 0. The summed E-state index contributed by atoms with van der Waals surface area (Å²) in [4.78, 5) is 0. The fourth-order valence-electron chi connectivity index (χ4n) is 1.89. The molecule has 9 heavy (non-hydrogen) atoms. The molecule has 2 aliphatic rings. The summed E-state index contributed by atoms with van der Waals surface area (Å²) in [5.41, 5.74) is 0. The zero-order valence-electron chi connectivity index (χ0n) is 5.51. The molecule has 2 heterocycles. The molecule has 0 aromatic heterocycles. The minimum absolute atomic E-state index is 0.843. The normalized spacial score (nSPS) is 43.7. The molecule has 52 valence electrons. The van der Waals surface area contributed by atoms with E-state index in [-0.39, 0.29) is 0 Å². The van der Waals surface area contributed by atoms with E-state index in [0.717, 1.165) is 24.9 Å². The largest absolute Gasteiger partial charge is 0.316 e. The standard InChI is InChI=1S/C6H13N3/c7-9-3-5-1-8-2-6(5)4-9/h5-6,8H,1-4,7H2. The van der Waals surface area contributed by atoms with Gasteiger partial charge in [-0.25, -0.2) is 5.01 Å². The van der Waals surface area contributed by atoms with Gasteiger partial charge in [0.1, 0.15) is 0 Å². The van der Waals surface area contributed by atoms with Gasteiger partial charge in [-0.3, -0.25) is 5.84 Å². The smallest absolute Gasteiger partial charge is 0.0172 e. The van der Waals surface area contributed by atoms with Gasteiger partial charge in [0.25, 0.3) is 0 Å². The minimum Gasteiger partial charge on any atom is -0.316 e. The van der Waals surface area contributed by atoms with Crippen molar-refractivity contribution < 1.29 is 0 Å². The van der Waals surface area contributed by atoms with Crippen LogP contribution in [-0.4, -0.2) is 31.2 Å². The van der Waals surface area contributed by atoms with Crippen LogP contribution in [0.25, 0.3) is 0 Å². The predicted octanol–water partition coefficient (Wildman–Crippen LogP) is -0.989. The molecule has 2 unspecified atom stereocenters. The molecular weight excluding hydrogens is 114 g/mol. The first-order valence-electron chi connectivity index (χ1n) is 3.56. The van der Waals surface area contributed by atoms with E-state index in [9.17, 15) is 0 Å². The van der Waals surface area contributed by atoms with Crippen LogP contribution in [0.2, 0.25) is 0 Å². The second-order valence-corrected chi connectivity index (χ2v) is 3.13. The molecule has 2 fully saturated rings. The number of nitrogens with two attached hydrogens (primary N) is 1. The van der Waals surface area contributed by atoms with Gasteiger partial charge in [0.2, 0.25) is 0 Å². The molecule has 3 heteroatoms. The Balaban J connectivity index is 2.02. The number of nitrogens with zero attached hydrogens (tertiary/aromatic N) is 1. The third kappa shape index (κ3) is 0.852. The second-order valence-electron chi connectivity index (χ2n) is 3.13. The van der Waals surface area contributed by atoms with Crippen molar-refractivity contribution in [1.82, 2.24) is 10.3 Å². The van der Waals surface area contributed by atoms with Crippen molar-refractivity contribution in [2.75, 3.05) is 26.2 Å². The van der Waals surface area contributed by atoms with Gasteiger partial charge < -0.3 is 5.32 Å². The van der Waals surface area contributed by atoms with E-state index < -0.39 is 0 Å². The highest BCUT2D eigenvalue weighted by Gasteiger charge is 2.34. The lowest BCUT2D eigenvalue weighted by atomic mass is 10.0. The molecular formula is C6H13N3. The molecule has 2 atom stereocenters. The van der Waals surface area contributed by atoms with Crippen LogP contribution >= 0.6 is 0 Å². The lowest BCUT2D eigenvalue weighted by Gasteiger charge is -2.07. The van der Waals surface area contributed by atoms with Crippen molar-refractivity contribution >= 4 is 0 Å². The highest BCUT2D eigenvalue weighted by atomic mass is 15.4. The van der Waals surface area contributed by atoms with Crippen molar-refractivity contribution in [3.8, 4) is 0 Å². The molecule has 0 saturated carbocycles. The molecule has 0 bridgehead atoms. The number of hydrogen-bond acceptors (Lipinski definition) is 3. The fraction of sp³-hybridized carbons (Fsp3) is 1.00. The van der Waals surface area contributed by atoms with Crippen LogP contribution in [0.3, 0.4) is 0 Å². The summed E-state index contributed by atoms with van der Waals surface area (Å²) in [5, 5.41) is 5.30. The van der Waals surface area contributed by atoms with Crippen molar-refractivity contribution in [2.24, 2.45) is 17.7 Å². The lowest BCUT2D eigenvalue weighted by Crippen LogP contribution is -2.31. The van der Waals surface area contributed by atoms with E-state index in [1.165, 1.54) is 13.1 Å². The predicted molar refractivity (Wildman–Crippen MR) is 35.6 cm³/mol. The van der Waals surface area contributed by atoms with Crippen molar-refractivity contribution in [2.45, 2.75) is 0 Å². The summed E-state index contributed by atoms with van der Waals surface area (Å²) in [6, 6.07) is 0. The van der Waals surface area contributed by atoms with E-state index in [0.29, 0.717) is 0 Å². The maximum Gasteiger partial charge on any atom is 0.0172 e. The Morgan fingerprint density at radius 2 is 1.78 bits per heavy atom. The maximum atomic E-state index is 5.63. The number of fused-ring (bicyclic) bond motifs is 1. The Kier molecular flexibility index (Phi) is 1.22. The van der Waals surface area contributed by atoms with E-state index >= 15 is 0 Å². The summed E-state index contributed by atoms with van der Waals surface area (Å²) >= 11 is 0. The van der Waals surface area contributed by atoms with Gasteiger partial charge in [-0.2, -0.15) is 0 Å². The Morgan fingerprint density at radius 3 is 2.33 bits per heavy atom. The molecule has 0 radical (unpaired) electrons. The molecule has 0 aromatic carbocycles. The molecule has 3 nitrogen and oxygen atoms in total. The van der Waals surface area contributed by atoms with Gasteiger partial charge in [0, 0.05) is 13.1 Å². The number of hydrogen-bond donors (Lipinski definition) is 2. The van der Waals surface area contributed by atoms with Crippen LogP contribution in [0, 0.1) is 11.8 Å². The fourth-order valence-corrected chi connectivity index (χ4v) is 1.89. The van der Waals surface area contributed by atoms with E-state index in [1.54, 1.807) is 0 Å². The first-order chi connectivity index (χ1) is 4.36. The van der Waals surface area contributed by atoms with Crippen LogP contribution in [0.5, 0.6) is 0 Å². The summed E-state index contributed by atoms with van der Waals surface area (Å²) in [7, 11) is 0. The molecule has 2 saturated heterocycles. The van der Waals surface area contributed by atoms with Crippen LogP contribution in [0.4, 0.5) is 0 Å². The van der Waals surface area contributed by atoms with E-state index in [1.807, 2.05) is 5.01 Å². The minimum atomic E-state index is 0.843. The zero-order valence-corrected chi connectivity index (χ0v) is 5.51. The number of rotatable bonds is 0. The van der Waals surface area contributed by atoms with Crippen LogP contribution in [0.1, 0.15) is 0 Å². The molecule has 0 aromatic rings. The van der Waals surface area contributed by atoms with Gasteiger partial charge in [-0.05, 0) is 24.9 Å². The van der Waals surface area contributed by atoms with Crippen LogP contribution in [-0.2, 0) is 0 Å². The Hall–Kier alpha value is -0.120. The van der Waals surface area contributed by atoms with Crippen LogP contribution < -0.4 is 11.2 Å². The average Bonchev–Trinajstić information content (AvgIpc) is 2.22. The van der Waals surface area contributed by atoms with Crippen molar-refractivity contribution in [3.05, 3.63) is 0 Å². The lowest BCUT2D eigenvalue weighted by molar-refractivity contribution is 0.326. The number of nitrogens with one attached hydrogen (secondary N) is 1. The average molecular weight is 127 g/mol. The van der Waals surface area contributed by atoms with Gasteiger partial charge in [-0.15, -0.1) is 0 Å². The third-order valence-corrected chi connectivity index (χ3v) is 2.42. The topological polar surface area (TPSA) is 41.3 Å². The Bertz CT molecular complexity index is 103. The highest BCUT2D eigenvalue weighted by Crippen LogP contribution is 2.23. The molecule has 0 aliphatic carbocycles. The van der Waals surface area contributed by atoms with Crippen molar-refractivity contribution in [3.63, 3.8) is 0 Å². The molecule has 0 amide bonds. The van der Waals surface area contributed by atoms with Gasteiger partial charge in [0.15, 0.2) is 0 Å². The summed E-state index contributed by atoms with van der Waals surface area (Å²) in [6.45, 7) is 4.55. The molecule has 0 spiro atoms. The summed E-state index contributed by atoms with van der Waals surface area (Å²) in [5.74, 6) is 7.32. The van der Waals surface area contributed by atoms with Gasteiger partial charge in [0.05, 0.1) is 0 Å². The van der Waals surface area contributed by atoms with Crippen molar-refractivity contribution in [1.29, 1.82) is 0 Å². The molecule has 3 N–H and O–H groups in total. The summed E-state index contributed by atoms with van der Waals surface area (Å²) < 4.78 is 0. The number of hydrazine groups is 1. The second kappa shape index (κ2) is 1.94. The zero-order chi connectivity index (χ0) is 6.27. The van der Waals surface area contributed by atoms with E-state index in [4.69, 9.17) is 5.84 Å². The maximum absolute atomic E-state index is 5.63. The first-order valence-corrected chi connectivity index (χ1v) is 3.56. The monoisotopic (exact) mass is 127 g/mol. The molecule has 2 rings (SSSR count). The van der Waals surface area contributed by atoms with E-state index in [2.05, 4.69) is 5.32 Å². The first kappa shape index (κ1) is 5.65. The third-order valence-electron chi connectivity index (χ3n) is 2.42. The molecule has 2 aliphatic heterocycles. The quantitative estimate of drug-likeness (QED) is 0.411. The van der Waals surface area contributed by atoms with Gasteiger partial charge >= 0.3 is 0 Å². The Morgan fingerprint density at radius 1 is 1.22 bits per heavy atom. The van der Waals surface area contributed by atoms with Crippen LogP contribution in [0.15, 0.2) is 0 Å². The Labute approximate surface area is 55.2 Å². The SMILES string of the molecule is NN1CC2CNCC2C1. The highest BCUT2D eigenvalue weighted by molar-refractivity contribution is 4.89.